The molecule has 32 heavy (non-hydrogen) atoms. The van der Waals surface area contributed by atoms with Crippen molar-refractivity contribution in [2.24, 2.45) is 5.41 Å². The minimum atomic E-state index is -5.60. The molecule has 2 aromatic carbocycles. The van der Waals surface area contributed by atoms with Crippen molar-refractivity contribution in [3.05, 3.63) is 65.5 Å². The number of benzene rings is 2. The van der Waals surface area contributed by atoms with Crippen LogP contribution in [-0.2, 0) is 27.7 Å². The van der Waals surface area contributed by atoms with Crippen molar-refractivity contribution in [1.82, 2.24) is 4.90 Å². The fourth-order valence-corrected chi connectivity index (χ4v) is 4.04. The molecule has 0 aromatic heterocycles. The van der Waals surface area contributed by atoms with E-state index in [2.05, 4.69) is 0 Å². The van der Waals surface area contributed by atoms with Crippen LogP contribution in [0.2, 0.25) is 0 Å². The standard InChI is InChI=1S/C21H22F4N2O4S/c1-20(12-15-6-8-17(22)9-7-15)10-11-27(19(28)31-14-20)13-16-4-2-3-5-18(16)26-32(29,30)21(23,24)25/h2-9,26H,10-14H2,1H3. The number of sulfonamides is 1. The number of alkyl halides is 3. The van der Waals surface area contributed by atoms with E-state index in [-0.39, 0.29) is 36.8 Å². The number of cyclic esters (lactones) is 1. The third kappa shape index (κ3) is 5.70. The van der Waals surface area contributed by atoms with E-state index in [1.807, 2.05) is 6.92 Å². The maximum absolute atomic E-state index is 13.2. The highest BCUT2D eigenvalue weighted by molar-refractivity contribution is 7.93. The van der Waals surface area contributed by atoms with E-state index in [0.717, 1.165) is 5.56 Å². The smallest absolute Gasteiger partial charge is 0.449 e. The fourth-order valence-electron chi connectivity index (χ4n) is 3.44. The molecule has 0 aliphatic carbocycles. The maximum Gasteiger partial charge on any atom is 0.516 e. The van der Waals surface area contributed by atoms with Crippen LogP contribution in [0.25, 0.3) is 0 Å². The lowest BCUT2D eigenvalue weighted by atomic mass is 9.81. The Balaban J connectivity index is 1.74. The molecule has 1 aliphatic rings. The Hall–Kier alpha value is -2.82. The summed E-state index contributed by atoms with van der Waals surface area (Å²) in [5.74, 6) is -0.350. The molecule has 1 atom stereocenters. The van der Waals surface area contributed by atoms with Crippen LogP contribution in [0, 0.1) is 11.2 Å². The van der Waals surface area contributed by atoms with Crippen molar-refractivity contribution in [2.45, 2.75) is 31.8 Å². The monoisotopic (exact) mass is 474 g/mol. The first kappa shape index (κ1) is 23.8. The molecule has 174 valence electrons. The van der Waals surface area contributed by atoms with Gasteiger partial charge >= 0.3 is 21.6 Å². The SMILES string of the molecule is CC1(Cc2ccc(F)cc2)CCN(Cc2ccccc2NS(=O)(=O)C(F)(F)F)C(=O)OC1. The maximum atomic E-state index is 13.2. The van der Waals surface area contributed by atoms with Crippen LogP contribution in [0.15, 0.2) is 48.5 Å². The van der Waals surface area contributed by atoms with Crippen LogP contribution in [0.3, 0.4) is 0 Å². The molecule has 1 unspecified atom stereocenters. The molecule has 1 amide bonds. The predicted octanol–water partition coefficient (Wildman–Crippen LogP) is 4.68. The van der Waals surface area contributed by atoms with E-state index < -0.39 is 27.0 Å². The summed E-state index contributed by atoms with van der Waals surface area (Å²) < 4.78 is 81.3. The van der Waals surface area contributed by atoms with E-state index in [1.165, 1.54) is 46.0 Å². The van der Waals surface area contributed by atoms with Gasteiger partial charge in [0.05, 0.1) is 18.8 Å². The molecule has 11 heteroatoms. The highest BCUT2D eigenvalue weighted by atomic mass is 32.2. The largest absolute Gasteiger partial charge is 0.516 e. The quantitative estimate of drug-likeness (QED) is 0.617. The van der Waals surface area contributed by atoms with E-state index in [9.17, 15) is 30.8 Å². The predicted molar refractivity (Wildman–Crippen MR) is 110 cm³/mol. The number of nitrogens with zero attached hydrogens (tertiary/aromatic N) is 1. The van der Waals surface area contributed by atoms with Crippen molar-refractivity contribution in [3.8, 4) is 0 Å². The lowest BCUT2D eigenvalue weighted by Gasteiger charge is -2.26. The summed E-state index contributed by atoms with van der Waals surface area (Å²) in [6.45, 7) is 2.15. The molecular weight excluding hydrogens is 452 g/mol. The van der Waals surface area contributed by atoms with Gasteiger partial charge in [-0.3, -0.25) is 4.72 Å². The molecule has 1 heterocycles. The summed E-state index contributed by atoms with van der Waals surface area (Å²) in [5, 5.41) is 0. The zero-order valence-electron chi connectivity index (χ0n) is 17.2. The van der Waals surface area contributed by atoms with Crippen molar-refractivity contribution in [3.63, 3.8) is 0 Å². The number of carbonyl (C=O) groups excluding carboxylic acids is 1. The molecule has 1 saturated heterocycles. The van der Waals surface area contributed by atoms with Gasteiger partial charge in [0.2, 0.25) is 0 Å². The molecule has 0 radical (unpaired) electrons. The fraction of sp³-hybridized carbons (Fsp3) is 0.381. The van der Waals surface area contributed by atoms with Crippen molar-refractivity contribution < 1.29 is 35.5 Å². The number of ether oxygens (including phenoxy) is 1. The first-order chi connectivity index (χ1) is 14.9. The zero-order valence-corrected chi connectivity index (χ0v) is 18.0. The summed E-state index contributed by atoms with van der Waals surface area (Å²) in [6, 6.07) is 11.6. The number of amides is 1. The highest BCUT2D eigenvalue weighted by Gasteiger charge is 2.46. The van der Waals surface area contributed by atoms with Crippen LogP contribution >= 0.6 is 0 Å². The van der Waals surface area contributed by atoms with E-state index in [4.69, 9.17) is 4.74 Å². The molecule has 0 saturated carbocycles. The first-order valence-electron chi connectivity index (χ1n) is 9.72. The lowest BCUT2D eigenvalue weighted by Crippen LogP contribution is -2.32. The molecular formula is C21H22F4N2O4S. The third-order valence-corrected chi connectivity index (χ3v) is 6.36. The summed E-state index contributed by atoms with van der Waals surface area (Å²) in [7, 11) is -5.60. The summed E-state index contributed by atoms with van der Waals surface area (Å²) >= 11 is 0. The number of para-hydroxylation sites is 1. The number of carbonyl (C=O) groups is 1. The summed E-state index contributed by atoms with van der Waals surface area (Å²) in [5.41, 5.74) is -5.09. The van der Waals surface area contributed by atoms with Crippen LogP contribution in [0.4, 0.5) is 28.0 Å². The normalized spacial score (nSPS) is 19.9. The second kappa shape index (κ2) is 8.97. The van der Waals surface area contributed by atoms with Gasteiger partial charge in [0.1, 0.15) is 5.82 Å². The van der Waals surface area contributed by atoms with Gasteiger partial charge in [-0.1, -0.05) is 37.3 Å². The molecule has 0 bridgehead atoms. The Morgan fingerprint density at radius 3 is 2.44 bits per heavy atom. The number of hydrogen-bond donors (Lipinski definition) is 1. The van der Waals surface area contributed by atoms with Gasteiger partial charge in [-0.05, 0) is 42.2 Å². The average Bonchev–Trinajstić information content (AvgIpc) is 2.84. The highest BCUT2D eigenvalue weighted by Crippen LogP contribution is 2.32. The second-order valence-electron chi connectivity index (χ2n) is 8.05. The molecule has 6 nitrogen and oxygen atoms in total. The Bertz CT molecular complexity index is 1070. The van der Waals surface area contributed by atoms with Gasteiger partial charge in [-0.2, -0.15) is 21.6 Å². The van der Waals surface area contributed by atoms with Gasteiger partial charge in [0.15, 0.2) is 0 Å². The summed E-state index contributed by atoms with van der Waals surface area (Å²) in [4.78, 5) is 13.8. The Labute approximate surface area is 183 Å². The van der Waals surface area contributed by atoms with Gasteiger partial charge < -0.3 is 9.64 Å². The minimum Gasteiger partial charge on any atom is -0.449 e. The van der Waals surface area contributed by atoms with Crippen LogP contribution < -0.4 is 4.72 Å². The molecule has 3 rings (SSSR count). The Kier molecular flexibility index (Phi) is 6.68. The van der Waals surface area contributed by atoms with Crippen molar-refractivity contribution in [2.75, 3.05) is 17.9 Å². The van der Waals surface area contributed by atoms with Crippen molar-refractivity contribution in [1.29, 1.82) is 0 Å². The third-order valence-electron chi connectivity index (χ3n) is 5.26. The van der Waals surface area contributed by atoms with Gasteiger partial charge in [0.25, 0.3) is 0 Å². The average molecular weight is 474 g/mol. The second-order valence-corrected chi connectivity index (χ2v) is 9.72. The number of halogens is 4. The number of nitrogens with one attached hydrogen (secondary N) is 1. The van der Waals surface area contributed by atoms with Crippen LogP contribution in [0.1, 0.15) is 24.5 Å². The molecule has 1 N–H and O–H groups in total. The van der Waals surface area contributed by atoms with E-state index in [1.54, 1.807) is 12.1 Å². The minimum absolute atomic E-state index is 0.113. The van der Waals surface area contributed by atoms with E-state index in [0.29, 0.717) is 12.8 Å². The number of hydrogen-bond acceptors (Lipinski definition) is 4. The Morgan fingerprint density at radius 2 is 1.78 bits per heavy atom. The molecule has 1 fully saturated rings. The number of rotatable bonds is 6. The Morgan fingerprint density at radius 1 is 1.12 bits per heavy atom. The molecule has 1 aliphatic heterocycles. The van der Waals surface area contributed by atoms with Crippen LogP contribution in [-0.4, -0.2) is 38.1 Å². The zero-order chi connectivity index (χ0) is 23.6. The first-order valence-corrected chi connectivity index (χ1v) is 11.2. The molecule has 2 aromatic rings. The lowest BCUT2D eigenvalue weighted by molar-refractivity contribution is -0.0429. The van der Waals surface area contributed by atoms with Crippen LogP contribution in [0.5, 0.6) is 0 Å². The van der Waals surface area contributed by atoms with Gasteiger partial charge in [-0.15, -0.1) is 0 Å². The van der Waals surface area contributed by atoms with Gasteiger partial charge in [0, 0.05) is 12.0 Å². The topological polar surface area (TPSA) is 75.7 Å². The van der Waals surface area contributed by atoms with Gasteiger partial charge in [-0.25, -0.2) is 9.18 Å². The molecule has 0 spiro atoms. The number of anilines is 1. The summed E-state index contributed by atoms with van der Waals surface area (Å²) in [6.07, 6.45) is 0.407. The van der Waals surface area contributed by atoms with E-state index >= 15 is 0 Å². The van der Waals surface area contributed by atoms with Crippen molar-refractivity contribution >= 4 is 21.8 Å².